The van der Waals surface area contributed by atoms with Gasteiger partial charge in [-0.05, 0) is 36.4 Å². The number of carbonyl (C=O) groups is 1. The zero-order chi connectivity index (χ0) is 24.9. The second-order valence-electron chi connectivity index (χ2n) is 6.64. The number of halogens is 7. The van der Waals surface area contributed by atoms with Crippen LogP contribution in [0.1, 0.15) is 11.3 Å². The first-order chi connectivity index (χ1) is 15.9. The van der Waals surface area contributed by atoms with E-state index in [4.69, 9.17) is 0 Å². The van der Waals surface area contributed by atoms with Crippen LogP contribution in [-0.4, -0.2) is 27.7 Å². The fourth-order valence-corrected chi connectivity index (χ4v) is 2.64. The molecule has 0 saturated carbocycles. The van der Waals surface area contributed by atoms with Gasteiger partial charge in [0.05, 0.1) is 18.6 Å². The van der Waals surface area contributed by atoms with Gasteiger partial charge in [-0.1, -0.05) is 12.1 Å². The number of benzene rings is 2. The van der Waals surface area contributed by atoms with Crippen LogP contribution in [0, 0.1) is 5.82 Å². The van der Waals surface area contributed by atoms with Gasteiger partial charge in [-0.2, -0.15) is 18.3 Å². The first-order valence-electron chi connectivity index (χ1n) is 9.23. The van der Waals surface area contributed by atoms with Crippen molar-refractivity contribution in [3.05, 3.63) is 78.1 Å². The van der Waals surface area contributed by atoms with Crippen molar-refractivity contribution < 1.29 is 40.3 Å². The minimum absolute atomic E-state index is 0.00491. The highest BCUT2D eigenvalue weighted by molar-refractivity contribution is 6.01. The molecule has 0 saturated heterocycles. The van der Waals surface area contributed by atoms with Crippen molar-refractivity contribution in [1.29, 1.82) is 0 Å². The average Bonchev–Trinajstić information content (AvgIpc) is 3.21. The van der Waals surface area contributed by atoms with Crippen molar-refractivity contribution in [3.63, 3.8) is 0 Å². The van der Waals surface area contributed by atoms with Crippen LogP contribution < -0.4 is 15.5 Å². The Hall–Kier alpha value is -4.10. The molecule has 0 unspecified atom stereocenters. The molecule has 14 heteroatoms. The Kier molecular flexibility index (Phi) is 7.08. The summed E-state index contributed by atoms with van der Waals surface area (Å²) in [7, 11) is 0. The molecule has 2 N–H and O–H groups in total. The summed E-state index contributed by atoms with van der Waals surface area (Å²) in [6.07, 6.45) is -7.91. The Bertz CT molecular complexity index is 1170. The number of imidazole rings is 1. The summed E-state index contributed by atoms with van der Waals surface area (Å²) in [4.78, 5) is 15.4. The van der Waals surface area contributed by atoms with Crippen LogP contribution in [0.5, 0.6) is 5.75 Å². The standard InChI is InChI=1S/C20H14F7N5O2/c21-13-3-1-2-12(8-13)16(9-32-10-17(28-11-32)19(22,23)24)30-31-18(33)29-14-4-6-15(7-5-14)34-20(25,26)27/h1-8,10-11H,9H2,(H2,29,31,33). The van der Waals surface area contributed by atoms with Crippen molar-refractivity contribution in [3.8, 4) is 5.75 Å². The molecule has 0 bridgehead atoms. The van der Waals surface area contributed by atoms with Gasteiger partial charge in [0.1, 0.15) is 11.6 Å². The number of carbonyl (C=O) groups excluding carboxylic acids is 1. The third-order valence-electron chi connectivity index (χ3n) is 4.05. The highest BCUT2D eigenvalue weighted by Crippen LogP contribution is 2.27. The smallest absolute Gasteiger partial charge is 0.406 e. The molecule has 180 valence electrons. The second kappa shape index (κ2) is 9.80. The van der Waals surface area contributed by atoms with Crippen LogP contribution in [0.25, 0.3) is 0 Å². The van der Waals surface area contributed by atoms with E-state index in [2.05, 4.69) is 25.6 Å². The molecule has 0 atom stereocenters. The van der Waals surface area contributed by atoms with Gasteiger partial charge in [-0.3, -0.25) is 0 Å². The number of anilines is 1. The number of nitrogens with zero attached hydrogens (tertiary/aromatic N) is 3. The molecule has 7 nitrogen and oxygen atoms in total. The molecule has 0 fully saturated rings. The predicted octanol–water partition coefficient (Wildman–Crippen LogP) is 5.17. The van der Waals surface area contributed by atoms with Crippen molar-refractivity contribution >= 4 is 17.4 Å². The molecule has 1 heterocycles. The van der Waals surface area contributed by atoms with Gasteiger partial charge in [0.25, 0.3) is 0 Å². The van der Waals surface area contributed by atoms with Crippen molar-refractivity contribution in [2.24, 2.45) is 5.10 Å². The second-order valence-corrected chi connectivity index (χ2v) is 6.64. The number of rotatable bonds is 6. The maximum Gasteiger partial charge on any atom is 0.573 e. The number of hydrogen-bond donors (Lipinski definition) is 2. The zero-order valence-corrected chi connectivity index (χ0v) is 16.8. The number of aromatic nitrogens is 2. The maximum absolute atomic E-state index is 13.6. The van der Waals surface area contributed by atoms with Crippen LogP contribution in [0.2, 0.25) is 0 Å². The van der Waals surface area contributed by atoms with Crippen molar-refractivity contribution in [2.45, 2.75) is 19.1 Å². The van der Waals surface area contributed by atoms with Gasteiger partial charge in [0.15, 0.2) is 5.69 Å². The number of hydrogen-bond acceptors (Lipinski definition) is 4. The van der Waals surface area contributed by atoms with Gasteiger partial charge in [0, 0.05) is 17.4 Å². The topological polar surface area (TPSA) is 80.5 Å². The van der Waals surface area contributed by atoms with Gasteiger partial charge < -0.3 is 14.6 Å². The zero-order valence-electron chi connectivity index (χ0n) is 16.8. The quantitative estimate of drug-likeness (QED) is 0.285. The van der Waals surface area contributed by atoms with E-state index in [1.165, 1.54) is 12.1 Å². The lowest BCUT2D eigenvalue weighted by atomic mass is 10.1. The lowest BCUT2D eigenvalue weighted by Crippen LogP contribution is -2.26. The minimum atomic E-state index is -4.87. The molecule has 3 rings (SSSR count). The number of nitrogens with one attached hydrogen (secondary N) is 2. The summed E-state index contributed by atoms with van der Waals surface area (Å²) in [6.45, 7) is -0.295. The molecule has 2 amide bonds. The Morgan fingerprint density at radius 1 is 1.06 bits per heavy atom. The monoisotopic (exact) mass is 489 g/mol. The van der Waals surface area contributed by atoms with Crippen LogP contribution in [-0.2, 0) is 12.7 Å². The summed E-state index contributed by atoms with van der Waals surface area (Å²) in [5.41, 5.74) is 1.23. The van der Waals surface area contributed by atoms with E-state index in [9.17, 15) is 35.5 Å². The first kappa shape index (κ1) is 24.5. The number of alkyl halides is 6. The Morgan fingerprint density at radius 2 is 1.76 bits per heavy atom. The normalized spacial score (nSPS) is 12.4. The third-order valence-corrected chi connectivity index (χ3v) is 4.05. The molecule has 34 heavy (non-hydrogen) atoms. The van der Waals surface area contributed by atoms with E-state index in [1.807, 2.05) is 0 Å². The van der Waals surface area contributed by atoms with E-state index in [0.29, 0.717) is 0 Å². The molecule has 2 aromatic carbocycles. The molecular formula is C20H14F7N5O2. The summed E-state index contributed by atoms with van der Waals surface area (Å²) in [5.74, 6) is -1.14. The van der Waals surface area contributed by atoms with Gasteiger partial charge >= 0.3 is 18.6 Å². The fraction of sp³-hybridized carbons (Fsp3) is 0.150. The van der Waals surface area contributed by atoms with Crippen LogP contribution in [0.3, 0.4) is 0 Å². The molecule has 0 aliphatic carbocycles. The SMILES string of the molecule is O=C(NN=C(Cn1cnc(C(F)(F)F)c1)c1cccc(F)c1)Nc1ccc(OC(F)(F)F)cc1. The number of urea groups is 1. The fourth-order valence-electron chi connectivity index (χ4n) is 2.64. The Labute approximate surface area is 186 Å². The predicted molar refractivity (Wildman–Crippen MR) is 105 cm³/mol. The summed E-state index contributed by atoms with van der Waals surface area (Å²) < 4.78 is 93.4. The molecule has 0 aliphatic rings. The molecule has 0 aliphatic heterocycles. The lowest BCUT2D eigenvalue weighted by molar-refractivity contribution is -0.274. The number of amides is 2. The van der Waals surface area contributed by atoms with E-state index in [0.717, 1.165) is 53.5 Å². The van der Waals surface area contributed by atoms with Crippen LogP contribution in [0.4, 0.5) is 41.2 Å². The highest BCUT2D eigenvalue weighted by Gasteiger charge is 2.33. The van der Waals surface area contributed by atoms with Gasteiger partial charge in [-0.15, -0.1) is 13.2 Å². The van der Waals surface area contributed by atoms with Crippen molar-refractivity contribution in [2.75, 3.05) is 5.32 Å². The minimum Gasteiger partial charge on any atom is -0.406 e. The van der Waals surface area contributed by atoms with E-state index in [-0.39, 0.29) is 23.5 Å². The molecule has 0 radical (unpaired) electrons. The molecule has 0 spiro atoms. The van der Waals surface area contributed by atoms with E-state index in [1.54, 1.807) is 0 Å². The third kappa shape index (κ3) is 7.21. The lowest BCUT2D eigenvalue weighted by Gasteiger charge is -2.11. The van der Waals surface area contributed by atoms with Gasteiger partial charge in [0.2, 0.25) is 0 Å². The first-order valence-corrected chi connectivity index (χ1v) is 9.23. The number of ether oxygens (including phenoxy) is 1. The van der Waals surface area contributed by atoms with Crippen LogP contribution >= 0.6 is 0 Å². The average molecular weight is 489 g/mol. The van der Waals surface area contributed by atoms with Gasteiger partial charge in [-0.25, -0.2) is 19.6 Å². The van der Waals surface area contributed by atoms with Crippen molar-refractivity contribution in [1.82, 2.24) is 15.0 Å². The van der Waals surface area contributed by atoms with E-state index >= 15 is 0 Å². The van der Waals surface area contributed by atoms with Crippen LogP contribution in [0.15, 0.2) is 66.2 Å². The largest absolute Gasteiger partial charge is 0.573 e. The molecule has 1 aromatic heterocycles. The highest BCUT2D eigenvalue weighted by atomic mass is 19.4. The Balaban J connectivity index is 1.73. The number of hydrazone groups is 1. The molecular weight excluding hydrogens is 475 g/mol. The summed E-state index contributed by atoms with van der Waals surface area (Å²) in [6, 6.07) is 8.31. The summed E-state index contributed by atoms with van der Waals surface area (Å²) >= 11 is 0. The molecule has 3 aromatic rings. The van der Waals surface area contributed by atoms with E-state index < -0.39 is 35.8 Å². The Morgan fingerprint density at radius 3 is 2.35 bits per heavy atom. The maximum atomic E-state index is 13.6. The summed E-state index contributed by atoms with van der Waals surface area (Å²) in [5, 5.41) is 6.15.